The molecule has 0 saturated heterocycles. The minimum Gasteiger partial charge on any atom is -0.274 e. The Labute approximate surface area is 52.2 Å². The van der Waals surface area contributed by atoms with E-state index in [1.54, 1.807) is 0 Å². The highest BCUT2D eigenvalue weighted by Crippen LogP contribution is 2.02. The summed E-state index contributed by atoms with van der Waals surface area (Å²) in [6, 6.07) is 0. The highest BCUT2D eigenvalue weighted by atomic mass is 15.0. The molecule has 0 aliphatic carbocycles. The third-order valence-electron chi connectivity index (χ3n) is 1.39. The molecule has 0 rings (SSSR count). The fraction of sp³-hybridized carbons (Fsp3) is 1.00. The molecule has 0 atom stereocenters. The summed E-state index contributed by atoms with van der Waals surface area (Å²) in [6.45, 7) is 6.74. The quantitative estimate of drug-likeness (QED) is 0.423. The Morgan fingerprint density at radius 3 is 1.38 bits per heavy atom. The van der Waals surface area contributed by atoms with E-state index in [1.165, 1.54) is 12.8 Å². The minimum atomic E-state index is 0.935. The molecule has 0 spiro atoms. The Balaban J connectivity index is 0. The molecule has 52 valence electrons. The third-order valence-corrected chi connectivity index (χ3v) is 1.39. The van der Waals surface area contributed by atoms with Gasteiger partial charge in [0, 0.05) is 0 Å². The molecule has 2 nitrogen and oxygen atoms in total. The maximum absolute atomic E-state index is 4.00. The van der Waals surface area contributed by atoms with Crippen LogP contribution in [0, 0.1) is 5.92 Å². The summed E-state index contributed by atoms with van der Waals surface area (Å²) in [6.07, 6.45) is 2.66. The molecule has 0 bridgehead atoms. The van der Waals surface area contributed by atoms with E-state index in [-0.39, 0.29) is 0 Å². The van der Waals surface area contributed by atoms with Gasteiger partial charge in [0.2, 0.25) is 0 Å². The first kappa shape index (κ1) is 10.8. The van der Waals surface area contributed by atoms with Gasteiger partial charge in [-0.3, -0.25) is 11.7 Å². The van der Waals surface area contributed by atoms with Crippen LogP contribution in [0.5, 0.6) is 0 Å². The van der Waals surface area contributed by atoms with Crippen LogP contribution in [0.25, 0.3) is 0 Å². The van der Waals surface area contributed by atoms with Gasteiger partial charge in [-0.05, 0) is 5.92 Å². The molecule has 4 N–H and O–H groups in total. The maximum Gasteiger partial charge on any atom is -0.0448 e. The third kappa shape index (κ3) is 9.33. The number of rotatable bonds is 2. The van der Waals surface area contributed by atoms with Gasteiger partial charge in [0.1, 0.15) is 0 Å². The van der Waals surface area contributed by atoms with Gasteiger partial charge in [-0.2, -0.15) is 0 Å². The highest BCUT2D eigenvalue weighted by Gasteiger charge is 1.88. The van der Waals surface area contributed by atoms with Crippen molar-refractivity contribution in [1.82, 2.24) is 0 Å². The number of hydrazine groups is 1. The summed E-state index contributed by atoms with van der Waals surface area (Å²) in [5.74, 6) is 8.94. The molecule has 0 aromatic heterocycles. The number of nitrogens with two attached hydrogens (primary N) is 2. The number of hydrogen-bond acceptors (Lipinski definition) is 2. The lowest BCUT2D eigenvalue weighted by Gasteiger charge is -1.98. The van der Waals surface area contributed by atoms with Crippen molar-refractivity contribution in [3.05, 3.63) is 0 Å². The molecular weight excluding hydrogens is 100 g/mol. The van der Waals surface area contributed by atoms with Crippen molar-refractivity contribution in [2.45, 2.75) is 33.6 Å². The van der Waals surface area contributed by atoms with Gasteiger partial charge in [0.15, 0.2) is 0 Å². The Morgan fingerprint density at radius 2 is 1.38 bits per heavy atom. The summed E-state index contributed by atoms with van der Waals surface area (Å²) in [5, 5.41) is 0. The van der Waals surface area contributed by atoms with Crippen molar-refractivity contribution in [2.75, 3.05) is 0 Å². The lowest BCUT2D eigenvalue weighted by Crippen LogP contribution is -2.02. The summed E-state index contributed by atoms with van der Waals surface area (Å²) in [7, 11) is 0. The van der Waals surface area contributed by atoms with Crippen molar-refractivity contribution in [1.29, 1.82) is 0 Å². The highest BCUT2D eigenvalue weighted by molar-refractivity contribution is 4.41. The zero-order chi connectivity index (χ0) is 6.99. The van der Waals surface area contributed by atoms with E-state index in [1.807, 2.05) is 0 Å². The van der Waals surface area contributed by atoms with Gasteiger partial charge < -0.3 is 0 Å². The molecule has 0 aliphatic rings. The Morgan fingerprint density at radius 1 is 1.12 bits per heavy atom. The fourth-order valence-electron chi connectivity index (χ4n) is 0.289. The lowest BCUT2D eigenvalue weighted by molar-refractivity contribution is 0.544. The Hall–Kier alpha value is -0.0800. The van der Waals surface area contributed by atoms with Crippen molar-refractivity contribution in [3.63, 3.8) is 0 Å². The van der Waals surface area contributed by atoms with Crippen LogP contribution in [-0.2, 0) is 0 Å². The summed E-state index contributed by atoms with van der Waals surface area (Å²) >= 11 is 0. The molecule has 0 aromatic carbocycles. The van der Waals surface area contributed by atoms with E-state index < -0.39 is 0 Å². The molecule has 0 aliphatic heterocycles. The molecular formula is C6H18N2. The summed E-state index contributed by atoms with van der Waals surface area (Å²) in [4.78, 5) is 0. The summed E-state index contributed by atoms with van der Waals surface area (Å²) in [5.41, 5.74) is 0. The normalized spacial score (nSPS) is 8.25. The SMILES string of the molecule is CCC(C)CC.NN. The van der Waals surface area contributed by atoms with E-state index in [9.17, 15) is 0 Å². The minimum absolute atomic E-state index is 0.935. The number of hydrogen-bond donors (Lipinski definition) is 2. The first-order valence-corrected chi connectivity index (χ1v) is 3.14. The Kier molecular flexibility index (Phi) is 13.6. The molecule has 0 aromatic rings. The van der Waals surface area contributed by atoms with Crippen molar-refractivity contribution >= 4 is 0 Å². The Bertz CT molecular complexity index is 25.7. The zero-order valence-electron chi connectivity index (χ0n) is 6.15. The standard InChI is InChI=1S/C6H14.H4N2/c1-4-6(3)5-2;1-2/h6H,4-5H2,1-3H3;1-2H2. The van der Waals surface area contributed by atoms with Crippen LogP contribution in [0.2, 0.25) is 0 Å². The molecule has 0 saturated carbocycles. The van der Waals surface area contributed by atoms with E-state index in [0.29, 0.717) is 0 Å². The maximum atomic E-state index is 4.00. The van der Waals surface area contributed by atoms with E-state index in [0.717, 1.165) is 5.92 Å². The van der Waals surface area contributed by atoms with Gasteiger partial charge in [-0.1, -0.05) is 33.6 Å². The predicted octanol–water partition coefficient (Wildman–Crippen LogP) is 1.26. The molecule has 0 heterocycles. The predicted molar refractivity (Wildman–Crippen MR) is 38.1 cm³/mol. The second-order valence-corrected chi connectivity index (χ2v) is 1.92. The largest absolute Gasteiger partial charge is 0.274 e. The average molecular weight is 118 g/mol. The molecule has 0 fully saturated rings. The molecule has 0 amide bonds. The van der Waals surface area contributed by atoms with Crippen molar-refractivity contribution in [3.8, 4) is 0 Å². The monoisotopic (exact) mass is 118 g/mol. The second-order valence-electron chi connectivity index (χ2n) is 1.92. The molecule has 2 heteroatoms. The topological polar surface area (TPSA) is 52.0 Å². The van der Waals surface area contributed by atoms with Crippen LogP contribution in [0.3, 0.4) is 0 Å². The second kappa shape index (κ2) is 10.0. The van der Waals surface area contributed by atoms with Gasteiger partial charge in [-0.15, -0.1) is 0 Å². The fourth-order valence-corrected chi connectivity index (χ4v) is 0.289. The van der Waals surface area contributed by atoms with Crippen LogP contribution in [0.1, 0.15) is 33.6 Å². The van der Waals surface area contributed by atoms with Gasteiger partial charge in [0.05, 0.1) is 0 Å². The van der Waals surface area contributed by atoms with Gasteiger partial charge in [0.25, 0.3) is 0 Å². The van der Waals surface area contributed by atoms with Gasteiger partial charge >= 0.3 is 0 Å². The first-order valence-electron chi connectivity index (χ1n) is 3.14. The zero-order valence-corrected chi connectivity index (χ0v) is 6.15. The smallest absolute Gasteiger partial charge is 0.0448 e. The average Bonchev–Trinajstić information content (AvgIpc) is 1.91. The first-order chi connectivity index (χ1) is 3.81. The molecule has 8 heavy (non-hydrogen) atoms. The van der Waals surface area contributed by atoms with E-state index >= 15 is 0 Å². The lowest BCUT2D eigenvalue weighted by atomic mass is 10.1. The molecule has 0 unspecified atom stereocenters. The van der Waals surface area contributed by atoms with Crippen LogP contribution < -0.4 is 11.7 Å². The van der Waals surface area contributed by atoms with Crippen LogP contribution in [0.15, 0.2) is 0 Å². The van der Waals surface area contributed by atoms with Crippen molar-refractivity contribution in [2.24, 2.45) is 17.6 Å². The van der Waals surface area contributed by atoms with Crippen LogP contribution in [-0.4, -0.2) is 0 Å². The van der Waals surface area contributed by atoms with E-state index in [4.69, 9.17) is 0 Å². The van der Waals surface area contributed by atoms with E-state index in [2.05, 4.69) is 32.5 Å². The van der Waals surface area contributed by atoms with Crippen molar-refractivity contribution < 1.29 is 0 Å². The van der Waals surface area contributed by atoms with Crippen LogP contribution >= 0.6 is 0 Å². The van der Waals surface area contributed by atoms with Gasteiger partial charge in [-0.25, -0.2) is 0 Å². The molecule has 0 radical (unpaired) electrons. The van der Waals surface area contributed by atoms with Crippen LogP contribution in [0.4, 0.5) is 0 Å². The summed E-state index contributed by atoms with van der Waals surface area (Å²) < 4.78 is 0.